The summed E-state index contributed by atoms with van der Waals surface area (Å²) >= 11 is 1.80. The van der Waals surface area contributed by atoms with E-state index in [-0.39, 0.29) is 9.98 Å². The number of hydrogen-bond donors (Lipinski definition) is 0. The minimum atomic E-state index is -0.243. The fraction of sp³-hybridized carbons (Fsp3) is 1.00. The second kappa shape index (κ2) is 2.65. The molecule has 0 saturated heterocycles. The van der Waals surface area contributed by atoms with Crippen molar-refractivity contribution < 1.29 is 21.6 Å². The molecule has 0 radical (unpaired) electrons. The molecule has 0 aromatic rings. The first kappa shape index (κ1) is 5.43. The second-order valence-electron chi connectivity index (χ2n) is 1.00. The molecule has 0 fully saturated rings. The Labute approximate surface area is 42.9 Å². The van der Waals surface area contributed by atoms with Crippen molar-refractivity contribution in [3.05, 3.63) is 0 Å². The van der Waals surface area contributed by atoms with Crippen LogP contribution in [0, 0.1) is 0 Å². The fourth-order valence-electron chi connectivity index (χ4n) is 0. The van der Waals surface area contributed by atoms with Crippen molar-refractivity contribution in [2.75, 3.05) is 0 Å². The molecule has 0 aliphatic rings. The quantitative estimate of drug-likeness (QED) is 0.500. The molecule has 2 heteroatoms. The summed E-state index contributed by atoms with van der Waals surface area (Å²) in [7, 11) is -0.243. The van der Waals surface area contributed by atoms with Crippen LogP contribution in [0.5, 0.6) is 0 Å². The molecule has 0 heterocycles. The number of hydrogen-bond acceptors (Lipinski definition) is 0. The summed E-state index contributed by atoms with van der Waals surface area (Å²) in [6.07, 6.45) is 0. The monoisotopic (exact) mass is 194 g/mol. The predicted octanol–water partition coefficient (Wildman–Crippen LogP) is 0.784. The first-order valence-electron chi connectivity index (χ1n) is 1.25. The van der Waals surface area contributed by atoms with Gasteiger partial charge >= 0.3 is 43.1 Å². The summed E-state index contributed by atoms with van der Waals surface area (Å²) in [5.41, 5.74) is 0. The molecule has 22 valence electrons. The summed E-state index contributed by atoms with van der Waals surface area (Å²) in [5.74, 6) is 4.75. The van der Waals surface area contributed by atoms with Gasteiger partial charge in [0.1, 0.15) is 0 Å². The molecule has 0 aliphatic heterocycles. The Morgan fingerprint density at radius 3 is 1.50 bits per heavy atom. The fourth-order valence-corrected chi connectivity index (χ4v) is 0. The van der Waals surface area contributed by atoms with Crippen LogP contribution in [0.4, 0.5) is 0 Å². The first-order valence-corrected chi connectivity index (χ1v) is 12.9. The van der Waals surface area contributed by atoms with Gasteiger partial charge in [0.05, 0.1) is 0 Å². The Hall–Kier alpha value is 1.43. The van der Waals surface area contributed by atoms with Crippen molar-refractivity contribution in [2.45, 2.75) is 11.5 Å². The van der Waals surface area contributed by atoms with Gasteiger partial charge in [-0.15, -0.1) is 0 Å². The Kier molecular flexibility index (Phi) is 3.60. The topological polar surface area (TPSA) is 0 Å². The van der Waals surface area contributed by atoms with Gasteiger partial charge in [-0.2, -0.15) is 0 Å². The van der Waals surface area contributed by atoms with Gasteiger partial charge in [0.25, 0.3) is 0 Å². The Balaban J connectivity index is 2.80. The Bertz CT molecular complexity index is 29.0. The van der Waals surface area contributed by atoms with Crippen LogP contribution in [0.3, 0.4) is 0 Å². The van der Waals surface area contributed by atoms with E-state index in [0.717, 1.165) is 0 Å². The molecule has 0 saturated carbocycles. The maximum absolute atomic E-state index is 2.37. The molecule has 0 atom stereocenters. The molecule has 0 amide bonds. The van der Waals surface area contributed by atoms with Crippen molar-refractivity contribution in [3.63, 3.8) is 0 Å². The van der Waals surface area contributed by atoms with Crippen LogP contribution in [-0.4, -0.2) is 9.98 Å². The van der Waals surface area contributed by atoms with Crippen molar-refractivity contribution in [3.8, 4) is 0 Å². The molecule has 4 heavy (non-hydrogen) atoms. The average molecular weight is 194 g/mol. The van der Waals surface area contributed by atoms with Crippen LogP contribution in [0.25, 0.3) is 0 Å². The summed E-state index contributed by atoms with van der Waals surface area (Å²) in [4.78, 5) is 0. The Morgan fingerprint density at radius 1 is 1.50 bits per heavy atom. The third-order valence-electron chi connectivity index (χ3n) is 0. The van der Waals surface area contributed by atoms with Gasteiger partial charge in [0.2, 0.25) is 0 Å². The average Bonchev–Trinajstić information content (AvgIpc) is 0.811. The molecule has 0 N–H and O–H groups in total. The molecule has 0 nitrogen and oxygen atoms in total. The van der Waals surface area contributed by atoms with Gasteiger partial charge in [0.15, 0.2) is 0 Å². The zero-order chi connectivity index (χ0) is 3.58. The molecule has 0 rings (SSSR count). The molecule has 0 bridgehead atoms. The molecule has 0 unspecified atom stereocenters. The van der Waals surface area contributed by atoms with Gasteiger partial charge in [0, 0.05) is 0 Å². The van der Waals surface area contributed by atoms with Crippen molar-refractivity contribution in [1.29, 1.82) is 0 Å². The zero-order valence-corrected chi connectivity index (χ0v) is 7.56. The van der Waals surface area contributed by atoms with E-state index in [1.165, 1.54) is 0 Å². The van der Waals surface area contributed by atoms with Crippen LogP contribution in [0.2, 0.25) is 11.5 Å². The van der Waals surface area contributed by atoms with Crippen molar-refractivity contribution in [2.24, 2.45) is 0 Å². The van der Waals surface area contributed by atoms with E-state index >= 15 is 0 Å². The summed E-state index contributed by atoms with van der Waals surface area (Å²) in [6, 6.07) is 0. The molecular weight excluding hydrogens is 188 g/mol. The van der Waals surface area contributed by atoms with Crippen LogP contribution < -0.4 is 0 Å². The number of rotatable bonds is 0. The predicted molar refractivity (Wildman–Crippen MR) is 17.5 cm³/mol. The van der Waals surface area contributed by atoms with Crippen LogP contribution in [0.15, 0.2) is 0 Å². The third-order valence-corrected chi connectivity index (χ3v) is 0. The van der Waals surface area contributed by atoms with Crippen LogP contribution in [-0.2, 0) is 21.6 Å². The standard InChI is InChI=1S/C2H6Ge.Zr/c1-3-2;/h1-2H3;. The van der Waals surface area contributed by atoms with E-state index in [1.54, 1.807) is 21.6 Å². The molecule has 0 aromatic carbocycles. The normalized spacial score (nSPS) is 6.25. The van der Waals surface area contributed by atoms with Gasteiger partial charge in [-0.1, -0.05) is 0 Å². The van der Waals surface area contributed by atoms with E-state index in [1.807, 2.05) is 0 Å². The van der Waals surface area contributed by atoms with Gasteiger partial charge in [-0.05, 0) is 0 Å². The zero-order valence-electron chi connectivity index (χ0n) is 3.00. The van der Waals surface area contributed by atoms with Gasteiger partial charge < -0.3 is 0 Å². The van der Waals surface area contributed by atoms with Gasteiger partial charge in [-0.3, -0.25) is 0 Å². The van der Waals surface area contributed by atoms with Crippen LogP contribution >= 0.6 is 0 Å². The Morgan fingerprint density at radius 2 is 1.50 bits per heavy atom. The van der Waals surface area contributed by atoms with Crippen molar-refractivity contribution >= 4 is 9.98 Å². The third kappa shape index (κ3) is 9.92. The molecule has 0 spiro atoms. The SMILES string of the molecule is [CH3][Ge]([CH3])=[Zr]. The maximum atomic E-state index is 2.37. The van der Waals surface area contributed by atoms with E-state index in [4.69, 9.17) is 0 Å². The second-order valence-corrected chi connectivity index (χ2v) is 18.0. The summed E-state index contributed by atoms with van der Waals surface area (Å²) in [5, 5.41) is 0. The van der Waals surface area contributed by atoms with Crippen LogP contribution in [0.1, 0.15) is 0 Å². The van der Waals surface area contributed by atoms with E-state index in [2.05, 4.69) is 11.5 Å². The van der Waals surface area contributed by atoms with E-state index < -0.39 is 0 Å². The molecule has 0 aromatic heterocycles. The van der Waals surface area contributed by atoms with E-state index in [0.29, 0.717) is 0 Å². The molecular formula is C2H6GeZr. The summed E-state index contributed by atoms with van der Waals surface area (Å²) in [6.45, 7) is 0. The van der Waals surface area contributed by atoms with Gasteiger partial charge in [-0.25, -0.2) is 0 Å². The summed E-state index contributed by atoms with van der Waals surface area (Å²) < 4.78 is 0. The molecule has 0 aliphatic carbocycles. The van der Waals surface area contributed by atoms with E-state index in [9.17, 15) is 0 Å². The first-order chi connectivity index (χ1) is 1.73. The van der Waals surface area contributed by atoms with Crippen molar-refractivity contribution in [1.82, 2.24) is 0 Å². The minimum absolute atomic E-state index is 0.243.